The molecular formula is C23H28N6O3. The number of rotatable bonds is 10. The maximum Gasteiger partial charge on any atom is 0.341 e. The van der Waals surface area contributed by atoms with Crippen molar-refractivity contribution in [2.75, 3.05) is 52.0 Å². The topological polar surface area (TPSA) is 102 Å². The molecule has 32 heavy (non-hydrogen) atoms. The van der Waals surface area contributed by atoms with E-state index in [0.717, 1.165) is 30.8 Å². The zero-order chi connectivity index (χ0) is 22.9. The molecule has 9 heteroatoms. The van der Waals surface area contributed by atoms with Gasteiger partial charge in [0.2, 0.25) is 5.95 Å². The van der Waals surface area contributed by atoms with Crippen LogP contribution in [-0.4, -0.2) is 67.2 Å². The Hall–Kier alpha value is -3.72. The van der Waals surface area contributed by atoms with Crippen molar-refractivity contribution in [1.82, 2.24) is 19.9 Å². The predicted octanol–water partition coefficient (Wildman–Crippen LogP) is 3.44. The zero-order valence-electron chi connectivity index (χ0n) is 18.8. The van der Waals surface area contributed by atoms with Crippen molar-refractivity contribution in [3.05, 3.63) is 54.4 Å². The normalized spacial score (nSPS) is 10.7. The average molecular weight is 437 g/mol. The highest BCUT2D eigenvalue weighted by atomic mass is 16.5. The summed E-state index contributed by atoms with van der Waals surface area (Å²) in [6.45, 7) is 1.71. The number of anilines is 3. The van der Waals surface area contributed by atoms with E-state index in [9.17, 15) is 4.79 Å². The van der Waals surface area contributed by atoms with Crippen molar-refractivity contribution in [2.24, 2.45) is 0 Å². The van der Waals surface area contributed by atoms with Crippen LogP contribution in [0.25, 0.3) is 11.3 Å². The molecule has 0 aliphatic rings. The summed E-state index contributed by atoms with van der Waals surface area (Å²) in [5, 5.41) is 6.57. The van der Waals surface area contributed by atoms with E-state index in [2.05, 4.69) is 30.5 Å². The van der Waals surface area contributed by atoms with Crippen LogP contribution >= 0.6 is 0 Å². The van der Waals surface area contributed by atoms with Gasteiger partial charge in [-0.15, -0.1) is 0 Å². The quantitative estimate of drug-likeness (QED) is 0.365. The number of nitrogens with zero attached hydrogens (tertiary/aromatic N) is 4. The number of pyridine rings is 1. The highest BCUT2D eigenvalue weighted by Crippen LogP contribution is 2.27. The Balaban J connectivity index is 1.87. The Labute approximate surface area is 187 Å². The minimum atomic E-state index is -0.460. The highest BCUT2D eigenvalue weighted by molar-refractivity contribution is 5.93. The van der Waals surface area contributed by atoms with Gasteiger partial charge in [-0.2, -0.15) is 4.98 Å². The molecule has 2 N–H and O–H groups in total. The molecule has 3 aromatic rings. The minimum absolute atomic E-state index is 0.350. The largest absolute Gasteiger partial charge is 0.496 e. The molecule has 9 nitrogen and oxygen atoms in total. The number of hydrogen-bond acceptors (Lipinski definition) is 9. The molecule has 3 rings (SSSR count). The SMILES string of the molecule is COC(=O)c1ccc(Nc2cc(-c3cccnc3)nc(NCCCN(C)C)n2)cc1OC. The van der Waals surface area contributed by atoms with Crippen LogP contribution in [-0.2, 0) is 4.74 Å². The van der Waals surface area contributed by atoms with Gasteiger partial charge in [-0.3, -0.25) is 4.98 Å². The van der Waals surface area contributed by atoms with Gasteiger partial charge in [-0.05, 0) is 51.3 Å². The Morgan fingerprint density at radius 1 is 1.12 bits per heavy atom. The van der Waals surface area contributed by atoms with E-state index in [-0.39, 0.29) is 0 Å². The fourth-order valence-electron chi connectivity index (χ4n) is 3.04. The van der Waals surface area contributed by atoms with E-state index < -0.39 is 5.97 Å². The molecule has 0 saturated heterocycles. The summed E-state index contributed by atoms with van der Waals surface area (Å²) < 4.78 is 10.2. The van der Waals surface area contributed by atoms with E-state index in [1.807, 2.05) is 32.3 Å². The average Bonchev–Trinajstić information content (AvgIpc) is 2.81. The van der Waals surface area contributed by atoms with Gasteiger partial charge in [-0.1, -0.05) is 0 Å². The monoisotopic (exact) mass is 436 g/mol. The van der Waals surface area contributed by atoms with E-state index in [1.165, 1.54) is 14.2 Å². The Kier molecular flexibility index (Phi) is 7.93. The first kappa shape index (κ1) is 23.0. The molecule has 0 bridgehead atoms. The third kappa shape index (κ3) is 6.14. The minimum Gasteiger partial charge on any atom is -0.496 e. The smallest absolute Gasteiger partial charge is 0.341 e. The summed E-state index contributed by atoms with van der Waals surface area (Å²) in [6.07, 6.45) is 4.44. The summed E-state index contributed by atoms with van der Waals surface area (Å²) in [6, 6.07) is 10.8. The van der Waals surface area contributed by atoms with Crippen molar-refractivity contribution in [1.29, 1.82) is 0 Å². The molecule has 1 aromatic carbocycles. The number of esters is 1. The lowest BCUT2D eigenvalue weighted by molar-refractivity contribution is 0.0597. The lowest BCUT2D eigenvalue weighted by Gasteiger charge is -2.14. The van der Waals surface area contributed by atoms with Gasteiger partial charge >= 0.3 is 5.97 Å². The molecule has 2 heterocycles. The maximum absolute atomic E-state index is 11.9. The third-order valence-corrected chi connectivity index (χ3v) is 4.63. The van der Waals surface area contributed by atoms with Gasteiger partial charge in [0, 0.05) is 42.3 Å². The molecular weight excluding hydrogens is 408 g/mol. The van der Waals surface area contributed by atoms with Crippen LogP contribution in [0.1, 0.15) is 16.8 Å². The van der Waals surface area contributed by atoms with Crippen LogP contribution in [0.4, 0.5) is 17.5 Å². The first-order valence-electron chi connectivity index (χ1n) is 10.2. The van der Waals surface area contributed by atoms with Gasteiger partial charge in [-0.25, -0.2) is 9.78 Å². The van der Waals surface area contributed by atoms with Gasteiger partial charge in [0.1, 0.15) is 17.1 Å². The number of aromatic nitrogens is 3. The van der Waals surface area contributed by atoms with Crippen molar-refractivity contribution < 1.29 is 14.3 Å². The standard InChI is InChI=1S/C23H28N6O3/c1-29(2)12-6-11-25-23-27-19(16-7-5-10-24-15-16)14-21(28-23)26-17-8-9-18(22(30)32-4)20(13-17)31-3/h5,7-10,13-15H,6,11-12H2,1-4H3,(H2,25,26,27,28). The zero-order valence-corrected chi connectivity index (χ0v) is 18.8. The van der Waals surface area contributed by atoms with Crippen molar-refractivity contribution in [2.45, 2.75) is 6.42 Å². The number of methoxy groups -OCH3 is 2. The molecule has 0 spiro atoms. The second kappa shape index (κ2) is 11.1. The molecule has 0 amide bonds. The second-order valence-corrected chi connectivity index (χ2v) is 7.32. The number of benzene rings is 1. The maximum atomic E-state index is 11.9. The number of carbonyl (C=O) groups is 1. The number of ether oxygens (including phenoxy) is 2. The van der Waals surface area contributed by atoms with Crippen molar-refractivity contribution >= 4 is 23.4 Å². The van der Waals surface area contributed by atoms with Gasteiger partial charge in [0.15, 0.2) is 0 Å². The van der Waals surface area contributed by atoms with Crippen molar-refractivity contribution in [3.8, 4) is 17.0 Å². The summed E-state index contributed by atoms with van der Waals surface area (Å²) >= 11 is 0. The number of nitrogens with one attached hydrogen (secondary N) is 2. The lowest BCUT2D eigenvalue weighted by atomic mass is 10.1. The fraction of sp³-hybridized carbons (Fsp3) is 0.304. The van der Waals surface area contributed by atoms with E-state index >= 15 is 0 Å². The van der Waals surface area contributed by atoms with Crippen LogP contribution in [0.2, 0.25) is 0 Å². The third-order valence-electron chi connectivity index (χ3n) is 4.63. The summed E-state index contributed by atoms with van der Waals surface area (Å²) in [5.41, 5.74) is 2.68. The molecule has 0 fully saturated rings. The molecule has 0 aliphatic heterocycles. The summed E-state index contributed by atoms with van der Waals surface area (Å²) in [4.78, 5) is 27.5. The van der Waals surface area contributed by atoms with Crippen LogP contribution in [0.3, 0.4) is 0 Å². The molecule has 0 aliphatic carbocycles. The molecule has 168 valence electrons. The fourth-order valence-corrected chi connectivity index (χ4v) is 3.04. The van der Waals surface area contributed by atoms with Gasteiger partial charge < -0.3 is 25.0 Å². The molecule has 2 aromatic heterocycles. The first-order chi connectivity index (χ1) is 15.5. The van der Waals surface area contributed by atoms with Gasteiger partial charge in [0.05, 0.1) is 19.9 Å². The summed E-state index contributed by atoms with van der Waals surface area (Å²) in [7, 11) is 6.93. The Bertz CT molecular complexity index is 1040. The molecule has 0 unspecified atom stereocenters. The van der Waals surface area contributed by atoms with Crippen molar-refractivity contribution in [3.63, 3.8) is 0 Å². The Morgan fingerprint density at radius 3 is 2.66 bits per heavy atom. The van der Waals surface area contributed by atoms with Crippen LogP contribution in [0.15, 0.2) is 48.8 Å². The molecule has 0 saturated carbocycles. The lowest BCUT2D eigenvalue weighted by Crippen LogP contribution is -2.17. The molecule has 0 radical (unpaired) electrons. The number of hydrogen-bond donors (Lipinski definition) is 2. The molecule has 0 atom stereocenters. The number of carbonyl (C=O) groups excluding carboxylic acids is 1. The highest BCUT2D eigenvalue weighted by Gasteiger charge is 2.14. The first-order valence-corrected chi connectivity index (χ1v) is 10.2. The Morgan fingerprint density at radius 2 is 1.97 bits per heavy atom. The van der Waals surface area contributed by atoms with Gasteiger partial charge in [0.25, 0.3) is 0 Å². The van der Waals surface area contributed by atoms with Crippen LogP contribution in [0, 0.1) is 0 Å². The second-order valence-electron chi connectivity index (χ2n) is 7.32. The van der Waals surface area contributed by atoms with E-state index in [1.54, 1.807) is 30.6 Å². The predicted molar refractivity (Wildman–Crippen MR) is 125 cm³/mol. The van der Waals surface area contributed by atoms with E-state index in [4.69, 9.17) is 9.47 Å². The summed E-state index contributed by atoms with van der Waals surface area (Å²) in [5.74, 6) is 1.07. The van der Waals surface area contributed by atoms with Crippen LogP contribution in [0.5, 0.6) is 5.75 Å². The van der Waals surface area contributed by atoms with E-state index in [0.29, 0.717) is 28.8 Å². The van der Waals surface area contributed by atoms with Crippen LogP contribution < -0.4 is 15.4 Å².